The van der Waals surface area contributed by atoms with Gasteiger partial charge in [-0.3, -0.25) is 4.79 Å². The summed E-state index contributed by atoms with van der Waals surface area (Å²) in [6, 6.07) is 0. The van der Waals surface area contributed by atoms with Gasteiger partial charge >= 0.3 is 5.97 Å². The normalized spacial score (nSPS) is 11.2. The van der Waals surface area contributed by atoms with E-state index in [9.17, 15) is 13.2 Å². The van der Waals surface area contributed by atoms with E-state index in [0.717, 1.165) is 12.4 Å². The Kier molecular flexibility index (Phi) is 5.45. The van der Waals surface area contributed by atoms with Gasteiger partial charge in [0.15, 0.2) is 0 Å². The Hall–Kier alpha value is -1.25. The predicted molar refractivity (Wildman–Crippen MR) is 63.5 cm³/mol. The molecule has 0 saturated heterocycles. The molecule has 0 spiro atoms. The van der Waals surface area contributed by atoms with Crippen LogP contribution in [0.1, 0.15) is 13.3 Å². The summed E-state index contributed by atoms with van der Waals surface area (Å²) in [6.45, 7) is 1.88. The van der Waals surface area contributed by atoms with Gasteiger partial charge < -0.3 is 4.74 Å². The zero-order valence-corrected chi connectivity index (χ0v) is 11.2. The highest BCUT2D eigenvalue weighted by atomic mass is 35.5. The fourth-order valence-electron chi connectivity index (χ4n) is 1.04. The van der Waals surface area contributed by atoms with Gasteiger partial charge in [0.05, 0.1) is 25.4 Å². The van der Waals surface area contributed by atoms with Crippen molar-refractivity contribution < 1.29 is 17.9 Å². The van der Waals surface area contributed by atoms with Crippen LogP contribution in [0.5, 0.6) is 0 Å². The first-order chi connectivity index (χ1) is 8.45. The molecule has 0 aromatic carbocycles. The maximum atomic E-state index is 11.7. The van der Waals surface area contributed by atoms with Crippen LogP contribution < -0.4 is 4.72 Å². The van der Waals surface area contributed by atoms with Crippen molar-refractivity contribution in [1.82, 2.24) is 14.7 Å². The van der Waals surface area contributed by atoms with Crippen molar-refractivity contribution in [2.45, 2.75) is 18.2 Å². The van der Waals surface area contributed by atoms with Gasteiger partial charge in [0.25, 0.3) is 0 Å². The number of sulfonamides is 1. The number of ether oxygens (including phenoxy) is 1. The number of aromatic nitrogens is 2. The Morgan fingerprint density at radius 1 is 1.44 bits per heavy atom. The van der Waals surface area contributed by atoms with E-state index >= 15 is 0 Å². The molecular weight excluding hydrogens is 282 g/mol. The van der Waals surface area contributed by atoms with Crippen molar-refractivity contribution >= 4 is 27.6 Å². The van der Waals surface area contributed by atoms with E-state index in [-0.39, 0.29) is 29.8 Å². The third-order valence-electron chi connectivity index (χ3n) is 1.83. The molecule has 1 rings (SSSR count). The van der Waals surface area contributed by atoms with E-state index in [0.29, 0.717) is 0 Å². The minimum absolute atomic E-state index is 0.0402. The zero-order valence-electron chi connectivity index (χ0n) is 9.59. The fourth-order valence-corrected chi connectivity index (χ4v) is 2.06. The van der Waals surface area contributed by atoms with Crippen LogP contribution in [0, 0.1) is 0 Å². The molecule has 0 unspecified atom stereocenters. The summed E-state index contributed by atoms with van der Waals surface area (Å²) in [5, 5.41) is -0.0412. The minimum Gasteiger partial charge on any atom is -0.466 e. The lowest BCUT2D eigenvalue weighted by Gasteiger charge is -2.05. The number of esters is 1. The van der Waals surface area contributed by atoms with Crippen LogP contribution in [0.2, 0.25) is 5.28 Å². The smallest absolute Gasteiger partial charge is 0.307 e. The first-order valence-electron chi connectivity index (χ1n) is 5.08. The topological polar surface area (TPSA) is 98.2 Å². The Morgan fingerprint density at radius 3 is 2.61 bits per heavy atom. The molecule has 7 nitrogen and oxygen atoms in total. The first-order valence-corrected chi connectivity index (χ1v) is 6.94. The molecule has 1 N–H and O–H groups in total. The lowest BCUT2D eigenvalue weighted by atomic mass is 10.4. The van der Waals surface area contributed by atoms with Crippen molar-refractivity contribution in [1.29, 1.82) is 0 Å². The minimum atomic E-state index is -3.73. The second-order valence-corrected chi connectivity index (χ2v) is 5.25. The molecule has 0 radical (unpaired) electrons. The van der Waals surface area contributed by atoms with Gasteiger partial charge in [0.2, 0.25) is 15.3 Å². The van der Waals surface area contributed by atoms with E-state index < -0.39 is 16.0 Å². The van der Waals surface area contributed by atoms with Crippen molar-refractivity contribution in [3.8, 4) is 0 Å². The van der Waals surface area contributed by atoms with Crippen molar-refractivity contribution in [2.75, 3.05) is 13.2 Å². The second kappa shape index (κ2) is 6.62. The standard InChI is InChI=1S/C9H12ClN3O4S/c1-2-17-8(14)3-4-13-18(15,16)7-5-11-9(10)12-6-7/h5-6,13H,2-4H2,1H3. The van der Waals surface area contributed by atoms with Gasteiger partial charge in [0, 0.05) is 6.54 Å². The summed E-state index contributed by atoms with van der Waals surface area (Å²) in [5.74, 6) is -0.465. The van der Waals surface area contributed by atoms with Crippen molar-refractivity contribution in [3.05, 3.63) is 17.7 Å². The second-order valence-electron chi connectivity index (χ2n) is 3.14. The van der Waals surface area contributed by atoms with Crippen molar-refractivity contribution in [2.24, 2.45) is 0 Å². The largest absolute Gasteiger partial charge is 0.466 e. The van der Waals surface area contributed by atoms with Crippen LogP contribution in [0.4, 0.5) is 0 Å². The Balaban J connectivity index is 2.55. The highest BCUT2D eigenvalue weighted by Gasteiger charge is 2.15. The lowest BCUT2D eigenvalue weighted by molar-refractivity contribution is -0.142. The van der Waals surface area contributed by atoms with E-state index in [4.69, 9.17) is 11.6 Å². The van der Waals surface area contributed by atoms with Crippen LogP contribution >= 0.6 is 11.6 Å². The molecule has 1 heterocycles. The third-order valence-corrected chi connectivity index (χ3v) is 3.44. The summed E-state index contributed by atoms with van der Waals surface area (Å²) < 4.78 is 30.3. The maximum Gasteiger partial charge on any atom is 0.307 e. The third kappa shape index (κ3) is 4.55. The molecule has 0 aliphatic carbocycles. The Labute approximate surface area is 110 Å². The SMILES string of the molecule is CCOC(=O)CCNS(=O)(=O)c1cnc(Cl)nc1. The predicted octanol–water partition coefficient (Wildman–Crippen LogP) is 0.361. The van der Waals surface area contributed by atoms with Crippen LogP contribution in [-0.4, -0.2) is 37.5 Å². The van der Waals surface area contributed by atoms with Crippen LogP contribution in [0.15, 0.2) is 17.3 Å². The summed E-state index contributed by atoms with van der Waals surface area (Å²) in [7, 11) is -3.73. The number of nitrogens with one attached hydrogen (secondary N) is 1. The van der Waals surface area contributed by atoms with Gasteiger partial charge in [-0.05, 0) is 18.5 Å². The maximum absolute atomic E-state index is 11.7. The molecule has 0 amide bonds. The molecule has 0 aliphatic heterocycles. The molecule has 9 heteroatoms. The first kappa shape index (κ1) is 14.8. The van der Waals surface area contributed by atoms with Gasteiger partial charge in [0.1, 0.15) is 4.90 Å². The Morgan fingerprint density at radius 2 is 2.06 bits per heavy atom. The zero-order chi connectivity index (χ0) is 13.6. The van der Waals surface area contributed by atoms with Gasteiger partial charge in [-0.25, -0.2) is 23.1 Å². The molecule has 1 aromatic rings. The van der Waals surface area contributed by atoms with Crippen LogP contribution in [-0.2, 0) is 19.6 Å². The highest BCUT2D eigenvalue weighted by molar-refractivity contribution is 7.89. The molecule has 1 aromatic heterocycles. The van der Waals surface area contributed by atoms with Gasteiger partial charge in [-0.15, -0.1) is 0 Å². The molecule has 0 bridgehead atoms. The van der Waals surface area contributed by atoms with E-state index in [2.05, 4.69) is 19.4 Å². The molecule has 0 atom stereocenters. The molecular formula is C9H12ClN3O4S. The molecule has 0 aliphatic rings. The number of nitrogens with zero attached hydrogens (tertiary/aromatic N) is 2. The van der Waals surface area contributed by atoms with Crippen LogP contribution in [0.3, 0.4) is 0 Å². The molecule has 18 heavy (non-hydrogen) atoms. The Bertz CT molecular complexity index is 503. The summed E-state index contributed by atoms with van der Waals surface area (Å²) in [4.78, 5) is 18.0. The number of rotatable bonds is 6. The number of halogens is 1. The van der Waals surface area contributed by atoms with Crippen LogP contribution in [0.25, 0.3) is 0 Å². The molecule has 0 fully saturated rings. The summed E-state index contributed by atoms with van der Waals surface area (Å²) in [5.41, 5.74) is 0. The van der Waals surface area contributed by atoms with Gasteiger partial charge in [-0.2, -0.15) is 0 Å². The summed E-state index contributed by atoms with van der Waals surface area (Å²) in [6.07, 6.45) is 2.13. The quantitative estimate of drug-likeness (QED) is 0.601. The lowest BCUT2D eigenvalue weighted by Crippen LogP contribution is -2.27. The molecule has 100 valence electrons. The average Bonchev–Trinajstić information content (AvgIpc) is 2.29. The number of carbonyl (C=O) groups is 1. The molecule has 0 saturated carbocycles. The monoisotopic (exact) mass is 293 g/mol. The fraction of sp³-hybridized carbons (Fsp3) is 0.444. The van der Waals surface area contributed by atoms with E-state index in [1.165, 1.54) is 0 Å². The van der Waals surface area contributed by atoms with E-state index in [1.807, 2.05) is 0 Å². The number of carbonyl (C=O) groups excluding carboxylic acids is 1. The number of hydrogen-bond donors (Lipinski definition) is 1. The average molecular weight is 294 g/mol. The van der Waals surface area contributed by atoms with Gasteiger partial charge in [-0.1, -0.05) is 0 Å². The van der Waals surface area contributed by atoms with E-state index in [1.54, 1.807) is 6.92 Å². The summed E-state index contributed by atoms with van der Waals surface area (Å²) >= 11 is 5.44. The highest BCUT2D eigenvalue weighted by Crippen LogP contribution is 2.07. The van der Waals surface area contributed by atoms with Crippen molar-refractivity contribution in [3.63, 3.8) is 0 Å². The number of hydrogen-bond acceptors (Lipinski definition) is 6.